The van der Waals surface area contributed by atoms with E-state index < -0.39 is 0 Å². The van der Waals surface area contributed by atoms with Crippen molar-refractivity contribution < 1.29 is 4.79 Å². The lowest BCUT2D eigenvalue weighted by atomic mass is 10.0. The monoisotopic (exact) mass is 322 g/mol. The van der Waals surface area contributed by atoms with E-state index in [1.54, 1.807) is 0 Å². The van der Waals surface area contributed by atoms with E-state index in [9.17, 15) is 4.79 Å². The Balaban J connectivity index is 1.51. The molecular weight excluding hydrogens is 296 g/mol. The van der Waals surface area contributed by atoms with Crippen LogP contribution in [0.1, 0.15) is 39.9 Å². The molecule has 2 aromatic rings. The van der Waals surface area contributed by atoms with Crippen molar-refractivity contribution in [3.05, 3.63) is 70.8 Å². The molecule has 1 fully saturated rings. The van der Waals surface area contributed by atoms with Gasteiger partial charge >= 0.3 is 0 Å². The first-order chi connectivity index (χ1) is 11.6. The second-order valence-corrected chi connectivity index (χ2v) is 6.82. The highest BCUT2D eigenvalue weighted by Crippen LogP contribution is 2.17. The van der Waals surface area contributed by atoms with Crippen LogP contribution in [0.2, 0.25) is 0 Å². The molecule has 1 aliphatic heterocycles. The van der Waals surface area contributed by atoms with Gasteiger partial charge in [0.25, 0.3) is 5.91 Å². The summed E-state index contributed by atoms with van der Waals surface area (Å²) in [6.07, 6.45) is 2.03. The van der Waals surface area contributed by atoms with Gasteiger partial charge in [-0.15, -0.1) is 0 Å². The van der Waals surface area contributed by atoms with E-state index in [0.717, 1.165) is 38.0 Å². The van der Waals surface area contributed by atoms with Crippen LogP contribution in [0.4, 0.5) is 0 Å². The van der Waals surface area contributed by atoms with Crippen LogP contribution >= 0.6 is 0 Å². The Morgan fingerprint density at radius 3 is 2.50 bits per heavy atom. The first-order valence-electron chi connectivity index (χ1n) is 8.76. The van der Waals surface area contributed by atoms with Crippen molar-refractivity contribution in [2.45, 2.75) is 39.3 Å². The number of carbonyl (C=O) groups excluding carboxylic acids is 1. The predicted octanol–water partition coefficient (Wildman–Crippen LogP) is 3.70. The van der Waals surface area contributed by atoms with Crippen molar-refractivity contribution in [1.82, 2.24) is 10.2 Å². The van der Waals surface area contributed by atoms with Crippen molar-refractivity contribution in [2.75, 3.05) is 13.1 Å². The molecule has 0 aliphatic carbocycles. The Kier molecular flexibility index (Phi) is 5.31. The number of aryl methyl sites for hydroxylation is 2. The average Bonchev–Trinajstić information content (AvgIpc) is 2.60. The van der Waals surface area contributed by atoms with Gasteiger partial charge in [0.1, 0.15) is 0 Å². The van der Waals surface area contributed by atoms with Gasteiger partial charge in [-0.05, 0) is 49.9 Å². The maximum atomic E-state index is 12.2. The highest BCUT2D eigenvalue weighted by Gasteiger charge is 2.21. The van der Waals surface area contributed by atoms with Crippen molar-refractivity contribution in [3.8, 4) is 0 Å². The normalized spacial score (nSPS) is 16.1. The molecule has 3 heteroatoms. The van der Waals surface area contributed by atoms with Crippen molar-refractivity contribution in [1.29, 1.82) is 0 Å². The number of benzene rings is 2. The van der Waals surface area contributed by atoms with Crippen LogP contribution in [0.25, 0.3) is 0 Å². The molecule has 1 N–H and O–H groups in total. The van der Waals surface area contributed by atoms with Gasteiger partial charge in [-0.1, -0.05) is 42.0 Å². The number of amides is 1. The lowest BCUT2D eigenvalue weighted by Gasteiger charge is -2.32. The Morgan fingerprint density at radius 2 is 1.79 bits per heavy atom. The van der Waals surface area contributed by atoms with Crippen LogP contribution in [0.5, 0.6) is 0 Å². The quantitative estimate of drug-likeness (QED) is 0.931. The number of rotatable bonds is 4. The Labute approximate surface area is 144 Å². The fourth-order valence-electron chi connectivity index (χ4n) is 3.31. The summed E-state index contributed by atoms with van der Waals surface area (Å²) in [4.78, 5) is 14.7. The number of hydrogen-bond acceptors (Lipinski definition) is 2. The molecule has 24 heavy (non-hydrogen) atoms. The Morgan fingerprint density at radius 1 is 1.08 bits per heavy atom. The largest absolute Gasteiger partial charge is 0.349 e. The third-order valence-electron chi connectivity index (χ3n) is 4.86. The van der Waals surface area contributed by atoms with Gasteiger partial charge in [0, 0.05) is 31.2 Å². The number of carbonyl (C=O) groups is 1. The van der Waals surface area contributed by atoms with E-state index in [0.29, 0.717) is 0 Å². The summed E-state index contributed by atoms with van der Waals surface area (Å²) in [5.74, 6) is 0.0450. The van der Waals surface area contributed by atoms with Crippen LogP contribution in [-0.4, -0.2) is 29.9 Å². The molecule has 1 aliphatic rings. The zero-order chi connectivity index (χ0) is 16.9. The summed E-state index contributed by atoms with van der Waals surface area (Å²) in [5, 5.41) is 3.17. The van der Waals surface area contributed by atoms with E-state index in [1.165, 1.54) is 16.7 Å². The fraction of sp³-hybridized carbons (Fsp3) is 0.381. The molecule has 0 radical (unpaired) electrons. The van der Waals surface area contributed by atoms with Crippen LogP contribution < -0.4 is 5.32 Å². The Hall–Kier alpha value is -2.13. The van der Waals surface area contributed by atoms with Gasteiger partial charge in [-0.3, -0.25) is 9.69 Å². The number of nitrogens with one attached hydrogen (secondary N) is 1. The predicted molar refractivity (Wildman–Crippen MR) is 98.1 cm³/mol. The molecule has 0 unspecified atom stereocenters. The molecule has 3 rings (SSSR count). The van der Waals surface area contributed by atoms with Gasteiger partial charge in [0.15, 0.2) is 0 Å². The minimum Gasteiger partial charge on any atom is -0.349 e. The number of piperidine rings is 1. The van der Waals surface area contributed by atoms with Crippen molar-refractivity contribution in [3.63, 3.8) is 0 Å². The molecule has 0 spiro atoms. The summed E-state index contributed by atoms with van der Waals surface area (Å²) in [5.41, 5.74) is 4.85. The highest BCUT2D eigenvalue weighted by molar-refractivity contribution is 5.94. The molecule has 0 bridgehead atoms. The molecule has 1 saturated heterocycles. The van der Waals surface area contributed by atoms with Gasteiger partial charge in [-0.2, -0.15) is 0 Å². The van der Waals surface area contributed by atoms with E-state index in [1.807, 2.05) is 30.3 Å². The number of nitrogens with zero attached hydrogens (tertiary/aromatic N) is 1. The molecule has 1 heterocycles. The zero-order valence-corrected chi connectivity index (χ0v) is 14.6. The standard InChI is InChI=1S/C21H26N2O/c1-16-8-9-17(2)19(14-16)15-23-12-10-20(11-13-23)22-21(24)18-6-4-3-5-7-18/h3-9,14,20H,10-13,15H2,1-2H3,(H,22,24). The van der Waals surface area contributed by atoms with Crippen LogP contribution in [0, 0.1) is 13.8 Å². The molecule has 0 atom stereocenters. The number of likely N-dealkylation sites (tertiary alicyclic amines) is 1. The lowest BCUT2D eigenvalue weighted by Crippen LogP contribution is -2.44. The molecule has 3 nitrogen and oxygen atoms in total. The molecular formula is C21H26N2O. The topological polar surface area (TPSA) is 32.3 Å². The van der Waals surface area contributed by atoms with Crippen molar-refractivity contribution in [2.24, 2.45) is 0 Å². The second-order valence-electron chi connectivity index (χ2n) is 6.82. The van der Waals surface area contributed by atoms with Crippen molar-refractivity contribution >= 4 is 5.91 Å². The van der Waals surface area contributed by atoms with E-state index in [-0.39, 0.29) is 11.9 Å². The highest BCUT2D eigenvalue weighted by atomic mass is 16.1. The third kappa shape index (κ3) is 4.24. The third-order valence-corrected chi connectivity index (χ3v) is 4.86. The first kappa shape index (κ1) is 16.7. The minimum absolute atomic E-state index is 0.0450. The molecule has 1 amide bonds. The van der Waals surface area contributed by atoms with Gasteiger partial charge in [-0.25, -0.2) is 0 Å². The maximum absolute atomic E-state index is 12.2. The maximum Gasteiger partial charge on any atom is 0.251 e. The SMILES string of the molecule is Cc1ccc(C)c(CN2CCC(NC(=O)c3ccccc3)CC2)c1. The van der Waals surface area contributed by atoms with Crippen LogP contribution in [-0.2, 0) is 6.54 Å². The fourth-order valence-corrected chi connectivity index (χ4v) is 3.31. The second kappa shape index (κ2) is 7.63. The molecule has 0 aromatic heterocycles. The molecule has 0 saturated carbocycles. The van der Waals surface area contributed by atoms with Crippen LogP contribution in [0.3, 0.4) is 0 Å². The van der Waals surface area contributed by atoms with Gasteiger partial charge < -0.3 is 5.32 Å². The summed E-state index contributed by atoms with van der Waals surface area (Å²) >= 11 is 0. The van der Waals surface area contributed by atoms with E-state index in [4.69, 9.17) is 0 Å². The summed E-state index contributed by atoms with van der Waals surface area (Å²) < 4.78 is 0. The smallest absolute Gasteiger partial charge is 0.251 e. The molecule has 2 aromatic carbocycles. The first-order valence-corrected chi connectivity index (χ1v) is 8.76. The van der Waals surface area contributed by atoms with Gasteiger partial charge in [0.05, 0.1) is 0 Å². The Bertz CT molecular complexity index is 688. The summed E-state index contributed by atoms with van der Waals surface area (Å²) in [6.45, 7) is 7.41. The van der Waals surface area contributed by atoms with E-state index >= 15 is 0 Å². The molecule has 126 valence electrons. The summed E-state index contributed by atoms with van der Waals surface area (Å²) in [6, 6.07) is 16.4. The lowest BCUT2D eigenvalue weighted by molar-refractivity contribution is 0.0909. The minimum atomic E-state index is 0.0450. The van der Waals surface area contributed by atoms with E-state index in [2.05, 4.69) is 42.3 Å². The summed E-state index contributed by atoms with van der Waals surface area (Å²) in [7, 11) is 0. The average molecular weight is 322 g/mol. The number of hydrogen-bond donors (Lipinski definition) is 1. The van der Waals surface area contributed by atoms with Crippen LogP contribution in [0.15, 0.2) is 48.5 Å². The zero-order valence-electron chi connectivity index (χ0n) is 14.6. The van der Waals surface area contributed by atoms with Gasteiger partial charge in [0.2, 0.25) is 0 Å².